The van der Waals surface area contributed by atoms with Crippen molar-refractivity contribution in [2.24, 2.45) is 0 Å². The number of carbonyl (C=O) groups is 1. The van der Waals surface area contributed by atoms with Gasteiger partial charge >= 0.3 is 6.03 Å². The molecule has 0 saturated carbocycles. The molecule has 0 bridgehead atoms. The van der Waals surface area contributed by atoms with E-state index in [4.69, 9.17) is 5.26 Å². The third kappa shape index (κ3) is 1.98. The van der Waals surface area contributed by atoms with Gasteiger partial charge in [-0.2, -0.15) is 5.26 Å². The number of anilines is 1. The number of urea groups is 1. The first-order chi connectivity index (χ1) is 9.98. The topological polar surface area (TPSA) is 59.4 Å². The monoisotopic (exact) mass is 284 g/mol. The number of rotatable bonds is 1. The number of amides is 2. The second-order valence-corrected chi connectivity index (χ2v) is 6.19. The first kappa shape index (κ1) is 13.9. The fraction of sp³-hybridized carbons (Fsp3) is 0.500. The zero-order valence-corrected chi connectivity index (χ0v) is 12.7. The molecular formula is C16H20N4O. The van der Waals surface area contributed by atoms with Gasteiger partial charge in [0.15, 0.2) is 0 Å². The molecule has 5 heteroatoms. The molecule has 110 valence electrons. The number of nitrogens with one attached hydrogen (secondary N) is 1. The lowest BCUT2D eigenvalue weighted by molar-refractivity contribution is 0.143. The van der Waals surface area contributed by atoms with Crippen LogP contribution in [0.3, 0.4) is 0 Å². The highest BCUT2D eigenvalue weighted by atomic mass is 16.2. The van der Waals surface area contributed by atoms with Crippen molar-refractivity contribution in [3.63, 3.8) is 0 Å². The Kier molecular flexibility index (Phi) is 3.14. The van der Waals surface area contributed by atoms with Gasteiger partial charge < -0.3 is 10.2 Å². The predicted octanol–water partition coefficient (Wildman–Crippen LogP) is 1.78. The van der Waals surface area contributed by atoms with Crippen molar-refractivity contribution in [2.75, 3.05) is 31.1 Å². The maximum absolute atomic E-state index is 12.7. The summed E-state index contributed by atoms with van der Waals surface area (Å²) in [5.74, 6) is 0. The predicted molar refractivity (Wildman–Crippen MR) is 81.4 cm³/mol. The van der Waals surface area contributed by atoms with E-state index in [0.29, 0.717) is 12.1 Å². The Labute approximate surface area is 125 Å². The average molecular weight is 284 g/mol. The number of nitrogens with zero attached hydrogens (tertiary/aromatic N) is 3. The number of piperazine rings is 1. The van der Waals surface area contributed by atoms with Crippen LogP contribution in [0.15, 0.2) is 12.1 Å². The first-order valence-electron chi connectivity index (χ1n) is 7.28. The van der Waals surface area contributed by atoms with Crippen molar-refractivity contribution < 1.29 is 4.79 Å². The van der Waals surface area contributed by atoms with Crippen molar-refractivity contribution in [1.29, 1.82) is 5.26 Å². The molecule has 2 fully saturated rings. The summed E-state index contributed by atoms with van der Waals surface area (Å²) in [6, 6.07) is 5.98. The molecule has 0 aliphatic carbocycles. The van der Waals surface area contributed by atoms with Crippen molar-refractivity contribution >= 4 is 11.7 Å². The van der Waals surface area contributed by atoms with Gasteiger partial charge in [-0.25, -0.2) is 4.79 Å². The van der Waals surface area contributed by atoms with E-state index in [-0.39, 0.29) is 11.6 Å². The van der Waals surface area contributed by atoms with Crippen LogP contribution in [0.2, 0.25) is 0 Å². The average Bonchev–Trinajstić information content (AvgIpc) is 2.74. The van der Waals surface area contributed by atoms with Crippen LogP contribution in [0.25, 0.3) is 0 Å². The summed E-state index contributed by atoms with van der Waals surface area (Å²) in [5.41, 5.74) is 3.42. The first-order valence-corrected chi connectivity index (χ1v) is 7.28. The van der Waals surface area contributed by atoms with Crippen LogP contribution in [0.1, 0.15) is 23.6 Å². The number of benzene rings is 1. The van der Waals surface area contributed by atoms with Crippen molar-refractivity contribution in [1.82, 2.24) is 10.2 Å². The highest BCUT2D eigenvalue weighted by Crippen LogP contribution is 2.34. The lowest BCUT2D eigenvalue weighted by Crippen LogP contribution is -2.58. The maximum Gasteiger partial charge on any atom is 0.325 e. The molecule has 21 heavy (non-hydrogen) atoms. The summed E-state index contributed by atoms with van der Waals surface area (Å²) < 4.78 is 0. The molecule has 1 atom stereocenters. The summed E-state index contributed by atoms with van der Waals surface area (Å²) in [7, 11) is 0. The molecule has 2 heterocycles. The second kappa shape index (κ2) is 4.74. The number of hydrogen-bond donors (Lipinski definition) is 1. The molecule has 2 amide bonds. The number of carbonyl (C=O) groups excluding carboxylic acids is 1. The Hall–Kier alpha value is -2.06. The van der Waals surface area contributed by atoms with E-state index >= 15 is 0 Å². The van der Waals surface area contributed by atoms with Crippen LogP contribution in [-0.2, 0) is 0 Å². The second-order valence-electron chi connectivity index (χ2n) is 6.19. The van der Waals surface area contributed by atoms with Crippen LogP contribution < -0.4 is 10.2 Å². The quantitative estimate of drug-likeness (QED) is 0.855. The molecule has 0 unspecified atom stereocenters. The van der Waals surface area contributed by atoms with Gasteiger partial charge in [-0.05, 0) is 44.0 Å². The molecule has 0 spiro atoms. The van der Waals surface area contributed by atoms with Crippen LogP contribution in [-0.4, -0.2) is 42.6 Å². The summed E-state index contributed by atoms with van der Waals surface area (Å²) >= 11 is 0. The Morgan fingerprint density at radius 2 is 2.10 bits per heavy atom. The van der Waals surface area contributed by atoms with Gasteiger partial charge in [-0.15, -0.1) is 0 Å². The van der Waals surface area contributed by atoms with Crippen LogP contribution in [0.5, 0.6) is 0 Å². The van der Waals surface area contributed by atoms with Crippen LogP contribution in [0.4, 0.5) is 10.5 Å². The van der Waals surface area contributed by atoms with Crippen LogP contribution in [0, 0.1) is 25.2 Å². The van der Waals surface area contributed by atoms with Crippen molar-refractivity contribution in [2.45, 2.75) is 26.3 Å². The van der Waals surface area contributed by atoms with E-state index in [2.05, 4.69) is 18.3 Å². The highest BCUT2D eigenvalue weighted by molar-refractivity contribution is 5.96. The van der Waals surface area contributed by atoms with Gasteiger partial charge in [0.25, 0.3) is 0 Å². The molecular weight excluding hydrogens is 264 g/mol. The summed E-state index contributed by atoms with van der Waals surface area (Å²) in [4.78, 5) is 16.5. The van der Waals surface area contributed by atoms with Gasteiger partial charge in [0.1, 0.15) is 0 Å². The summed E-state index contributed by atoms with van der Waals surface area (Å²) in [6.07, 6.45) is 0. The van der Waals surface area contributed by atoms with Gasteiger partial charge in [-0.3, -0.25) is 4.90 Å². The summed E-state index contributed by atoms with van der Waals surface area (Å²) in [5, 5.41) is 12.5. The SMILES string of the molecule is Cc1c(C#N)ccc(N2C[C@@]3(C)CNCCN3C2=O)c1C. The normalized spacial score (nSPS) is 25.0. The van der Waals surface area contributed by atoms with E-state index in [1.165, 1.54) is 0 Å². The van der Waals surface area contributed by atoms with Gasteiger partial charge in [-0.1, -0.05) is 0 Å². The van der Waals surface area contributed by atoms with E-state index < -0.39 is 0 Å². The fourth-order valence-electron chi connectivity index (χ4n) is 3.34. The van der Waals surface area contributed by atoms with E-state index in [1.807, 2.05) is 35.8 Å². The minimum absolute atomic E-state index is 0.0752. The van der Waals surface area contributed by atoms with Crippen LogP contribution >= 0.6 is 0 Å². The molecule has 1 N–H and O–H groups in total. The van der Waals surface area contributed by atoms with E-state index in [9.17, 15) is 4.79 Å². The number of hydrogen-bond acceptors (Lipinski definition) is 3. The Morgan fingerprint density at radius 3 is 2.76 bits per heavy atom. The Morgan fingerprint density at radius 1 is 1.33 bits per heavy atom. The van der Waals surface area contributed by atoms with Crippen molar-refractivity contribution in [3.8, 4) is 6.07 Å². The largest absolute Gasteiger partial charge is 0.325 e. The molecule has 2 aliphatic rings. The third-order valence-corrected chi connectivity index (χ3v) is 4.80. The standard InChI is InChI=1S/C16H20N4O/c1-11-12(2)14(5-4-13(11)8-17)19-10-16(3)9-18-6-7-20(16)15(19)21/h4-5,18H,6-7,9-10H2,1-3H3/t16-/m1/s1. The lowest BCUT2D eigenvalue weighted by Gasteiger charge is -2.38. The van der Waals surface area contributed by atoms with Gasteiger partial charge in [0, 0.05) is 25.3 Å². The van der Waals surface area contributed by atoms with E-state index in [1.54, 1.807) is 0 Å². The number of fused-ring (bicyclic) bond motifs is 1. The lowest BCUT2D eigenvalue weighted by atomic mass is 9.98. The smallest absolute Gasteiger partial charge is 0.315 e. The molecule has 0 radical (unpaired) electrons. The van der Waals surface area contributed by atoms with Gasteiger partial charge in [0.05, 0.1) is 23.7 Å². The highest BCUT2D eigenvalue weighted by Gasteiger charge is 2.48. The number of nitriles is 1. The summed E-state index contributed by atoms with van der Waals surface area (Å²) in [6.45, 7) is 9.16. The molecule has 1 aromatic carbocycles. The van der Waals surface area contributed by atoms with Gasteiger partial charge in [0.2, 0.25) is 0 Å². The fourth-order valence-corrected chi connectivity index (χ4v) is 3.34. The molecule has 2 aliphatic heterocycles. The Balaban J connectivity index is 2.01. The zero-order valence-electron chi connectivity index (χ0n) is 12.7. The molecule has 3 rings (SSSR count). The molecule has 5 nitrogen and oxygen atoms in total. The molecule has 1 aromatic rings. The minimum Gasteiger partial charge on any atom is -0.315 e. The maximum atomic E-state index is 12.7. The van der Waals surface area contributed by atoms with Crippen molar-refractivity contribution in [3.05, 3.63) is 28.8 Å². The molecule has 0 aromatic heterocycles. The Bertz CT molecular complexity index is 648. The van der Waals surface area contributed by atoms with E-state index in [0.717, 1.165) is 36.4 Å². The third-order valence-electron chi connectivity index (χ3n) is 4.80. The zero-order chi connectivity index (χ0) is 15.2. The minimum atomic E-state index is -0.149. The molecule has 2 saturated heterocycles.